The molecule has 20 heavy (non-hydrogen) atoms. The lowest BCUT2D eigenvalue weighted by molar-refractivity contribution is 0.0524. The first-order valence-corrected chi connectivity index (χ1v) is 7.23. The third-order valence-corrected chi connectivity index (χ3v) is 3.82. The molecule has 1 aliphatic carbocycles. The molecule has 2 unspecified atom stereocenters. The van der Waals surface area contributed by atoms with Gasteiger partial charge in [0.1, 0.15) is 5.56 Å². The normalized spacial score (nSPS) is 22.8. The molecule has 2 rings (SSSR count). The molecule has 1 aliphatic rings. The fourth-order valence-electron chi connectivity index (χ4n) is 2.63. The first-order chi connectivity index (χ1) is 9.63. The minimum Gasteiger partial charge on any atom is -0.462 e. The summed E-state index contributed by atoms with van der Waals surface area (Å²) in [4.78, 5) is 11.8. The van der Waals surface area contributed by atoms with Crippen molar-refractivity contribution in [2.24, 2.45) is 7.05 Å². The number of carbonyl (C=O) groups is 1. The zero-order valence-electron chi connectivity index (χ0n) is 12.1. The predicted molar refractivity (Wildman–Crippen MR) is 74.3 cm³/mol. The molecule has 1 fully saturated rings. The smallest absolute Gasteiger partial charge is 0.341 e. The Labute approximate surface area is 119 Å². The van der Waals surface area contributed by atoms with Crippen molar-refractivity contribution < 1.29 is 14.6 Å². The Morgan fingerprint density at radius 3 is 3.00 bits per heavy atom. The molecule has 1 aromatic heterocycles. The highest BCUT2D eigenvalue weighted by Gasteiger charge is 2.24. The molecule has 6 nitrogen and oxygen atoms in total. The fourth-order valence-corrected chi connectivity index (χ4v) is 2.63. The van der Waals surface area contributed by atoms with Crippen molar-refractivity contribution in [2.45, 2.75) is 51.3 Å². The van der Waals surface area contributed by atoms with Crippen molar-refractivity contribution in [2.75, 3.05) is 6.61 Å². The first-order valence-electron chi connectivity index (χ1n) is 7.23. The average molecular weight is 281 g/mol. The van der Waals surface area contributed by atoms with Crippen molar-refractivity contribution in [1.82, 2.24) is 15.1 Å². The summed E-state index contributed by atoms with van der Waals surface area (Å²) in [5.74, 6) is -0.346. The Kier molecular flexibility index (Phi) is 5.14. The molecule has 2 N–H and O–H groups in total. The minimum absolute atomic E-state index is 0.0914. The van der Waals surface area contributed by atoms with E-state index < -0.39 is 0 Å². The van der Waals surface area contributed by atoms with Crippen molar-refractivity contribution >= 4 is 5.97 Å². The summed E-state index contributed by atoms with van der Waals surface area (Å²) in [5, 5.41) is 17.4. The van der Waals surface area contributed by atoms with Gasteiger partial charge in [0.2, 0.25) is 0 Å². The molecule has 1 heterocycles. The summed E-state index contributed by atoms with van der Waals surface area (Å²) in [5.41, 5.74) is 1.29. The molecule has 6 heteroatoms. The van der Waals surface area contributed by atoms with E-state index in [1.807, 2.05) is 0 Å². The molecule has 2 atom stereocenters. The van der Waals surface area contributed by atoms with Crippen LogP contribution in [0.4, 0.5) is 0 Å². The van der Waals surface area contributed by atoms with E-state index in [0.717, 1.165) is 31.4 Å². The van der Waals surface area contributed by atoms with Gasteiger partial charge in [-0.3, -0.25) is 4.68 Å². The monoisotopic (exact) mass is 281 g/mol. The van der Waals surface area contributed by atoms with E-state index in [1.54, 1.807) is 18.7 Å². The lowest BCUT2D eigenvalue weighted by atomic mass is 9.92. The Hall–Kier alpha value is -1.40. The zero-order chi connectivity index (χ0) is 14.5. The molecule has 0 saturated heterocycles. The largest absolute Gasteiger partial charge is 0.462 e. The molecule has 1 aromatic rings. The van der Waals surface area contributed by atoms with E-state index in [-0.39, 0.29) is 18.1 Å². The van der Waals surface area contributed by atoms with Crippen LogP contribution in [0.25, 0.3) is 0 Å². The number of aromatic nitrogens is 2. The van der Waals surface area contributed by atoms with Gasteiger partial charge in [-0.2, -0.15) is 5.10 Å². The third-order valence-electron chi connectivity index (χ3n) is 3.82. The number of hydrogen-bond acceptors (Lipinski definition) is 5. The van der Waals surface area contributed by atoms with Crippen LogP contribution in [0.1, 0.15) is 48.7 Å². The average Bonchev–Trinajstić information content (AvgIpc) is 2.79. The minimum atomic E-state index is -0.346. The maximum atomic E-state index is 11.8. The quantitative estimate of drug-likeness (QED) is 0.787. The van der Waals surface area contributed by atoms with Gasteiger partial charge in [-0.05, 0) is 19.8 Å². The topological polar surface area (TPSA) is 76.4 Å². The van der Waals surface area contributed by atoms with Crippen LogP contribution in [0.2, 0.25) is 0 Å². The standard InChI is InChI=1S/C14H23N3O3/c1-3-20-14(19)10-8-16-17(2)12(10)9-15-11-6-4-5-7-13(11)18/h8,11,13,15,18H,3-7,9H2,1-2H3. The highest BCUT2D eigenvalue weighted by atomic mass is 16.5. The van der Waals surface area contributed by atoms with Crippen molar-refractivity contribution in [3.05, 3.63) is 17.5 Å². The number of aliphatic hydroxyl groups is 1. The number of nitrogens with one attached hydrogen (secondary N) is 1. The second-order valence-electron chi connectivity index (χ2n) is 5.19. The Bertz CT molecular complexity index is 459. The number of nitrogens with zero attached hydrogens (tertiary/aromatic N) is 2. The molecule has 0 aromatic carbocycles. The molecular formula is C14H23N3O3. The second kappa shape index (κ2) is 6.85. The summed E-state index contributed by atoms with van der Waals surface area (Å²) in [6.07, 6.45) is 5.25. The van der Waals surface area contributed by atoms with Gasteiger partial charge in [0, 0.05) is 19.6 Å². The maximum absolute atomic E-state index is 11.8. The predicted octanol–water partition coefficient (Wildman–Crippen LogP) is 0.990. The SMILES string of the molecule is CCOC(=O)c1cnn(C)c1CNC1CCCCC1O. The van der Waals surface area contributed by atoms with Gasteiger partial charge in [-0.1, -0.05) is 12.8 Å². The van der Waals surface area contributed by atoms with Gasteiger partial charge in [-0.15, -0.1) is 0 Å². The number of rotatable bonds is 5. The van der Waals surface area contributed by atoms with Gasteiger partial charge in [0.05, 0.1) is 24.6 Å². The molecule has 0 radical (unpaired) electrons. The van der Waals surface area contributed by atoms with Crippen LogP contribution in [-0.4, -0.2) is 39.6 Å². The van der Waals surface area contributed by atoms with Crippen LogP contribution in [0, 0.1) is 0 Å². The van der Waals surface area contributed by atoms with Crippen LogP contribution in [0.15, 0.2) is 6.20 Å². The van der Waals surface area contributed by atoms with Crippen molar-refractivity contribution in [3.63, 3.8) is 0 Å². The van der Waals surface area contributed by atoms with Gasteiger partial charge < -0.3 is 15.2 Å². The van der Waals surface area contributed by atoms with E-state index in [1.165, 1.54) is 6.20 Å². The Morgan fingerprint density at radius 2 is 2.30 bits per heavy atom. The lowest BCUT2D eigenvalue weighted by Gasteiger charge is -2.28. The van der Waals surface area contributed by atoms with Crippen LogP contribution < -0.4 is 5.32 Å². The number of ether oxygens (including phenoxy) is 1. The highest BCUT2D eigenvalue weighted by molar-refractivity contribution is 5.90. The third kappa shape index (κ3) is 3.37. The van der Waals surface area contributed by atoms with Gasteiger partial charge in [-0.25, -0.2) is 4.79 Å². The Balaban J connectivity index is 2.01. The highest BCUT2D eigenvalue weighted by Crippen LogP contribution is 2.19. The van der Waals surface area contributed by atoms with E-state index in [0.29, 0.717) is 18.7 Å². The fraction of sp³-hybridized carbons (Fsp3) is 0.714. The molecule has 1 saturated carbocycles. The summed E-state index contributed by atoms with van der Waals surface area (Å²) >= 11 is 0. The molecular weight excluding hydrogens is 258 g/mol. The van der Waals surface area contributed by atoms with Gasteiger partial charge in [0.25, 0.3) is 0 Å². The van der Waals surface area contributed by atoms with Gasteiger partial charge >= 0.3 is 5.97 Å². The van der Waals surface area contributed by atoms with E-state index >= 15 is 0 Å². The van der Waals surface area contributed by atoms with Crippen LogP contribution in [0.3, 0.4) is 0 Å². The maximum Gasteiger partial charge on any atom is 0.341 e. The molecule has 0 aliphatic heterocycles. The van der Waals surface area contributed by atoms with Gasteiger partial charge in [0.15, 0.2) is 0 Å². The number of hydrogen-bond donors (Lipinski definition) is 2. The number of esters is 1. The summed E-state index contributed by atoms with van der Waals surface area (Å²) in [7, 11) is 1.80. The summed E-state index contributed by atoms with van der Waals surface area (Å²) in [6, 6.07) is 0.0914. The molecule has 0 spiro atoms. The Morgan fingerprint density at radius 1 is 1.55 bits per heavy atom. The number of aliphatic hydroxyl groups excluding tert-OH is 1. The molecule has 0 bridgehead atoms. The van der Waals surface area contributed by atoms with Crippen LogP contribution in [-0.2, 0) is 18.3 Å². The number of aryl methyl sites for hydroxylation is 1. The lowest BCUT2D eigenvalue weighted by Crippen LogP contribution is -2.42. The van der Waals surface area contributed by atoms with Crippen LogP contribution >= 0.6 is 0 Å². The summed E-state index contributed by atoms with van der Waals surface area (Å²) < 4.78 is 6.70. The van der Waals surface area contributed by atoms with E-state index in [4.69, 9.17) is 4.74 Å². The van der Waals surface area contributed by atoms with Crippen LogP contribution in [0.5, 0.6) is 0 Å². The second-order valence-corrected chi connectivity index (χ2v) is 5.19. The molecule has 0 amide bonds. The van der Waals surface area contributed by atoms with Crippen molar-refractivity contribution in [1.29, 1.82) is 0 Å². The summed E-state index contributed by atoms with van der Waals surface area (Å²) in [6.45, 7) is 2.64. The number of carbonyl (C=O) groups excluding carboxylic acids is 1. The van der Waals surface area contributed by atoms with Crippen molar-refractivity contribution in [3.8, 4) is 0 Å². The van der Waals surface area contributed by atoms with E-state index in [2.05, 4.69) is 10.4 Å². The first kappa shape index (κ1) is 15.0. The zero-order valence-corrected chi connectivity index (χ0v) is 12.1. The molecule has 112 valence electrons. The van der Waals surface area contributed by atoms with E-state index in [9.17, 15) is 9.90 Å².